The molecule has 2 aromatic rings. The minimum absolute atomic E-state index is 0.282. The van der Waals surface area contributed by atoms with E-state index in [1.54, 1.807) is 18.4 Å². The molecule has 0 saturated heterocycles. The van der Waals surface area contributed by atoms with Crippen LogP contribution in [0.25, 0.3) is 0 Å². The zero-order valence-corrected chi connectivity index (χ0v) is 12.9. The lowest BCUT2D eigenvalue weighted by atomic mass is 10.3. The van der Waals surface area contributed by atoms with Crippen molar-refractivity contribution < 1.29 is 0 Å². The second-order valence-corrected chi connectivity index (χ2v) is 6.31. The molecule has 0 aliphatic rings. The molecule has 108 valence electrons. The van der Waals surface area contributed by atoms with Crippen molar-refractivity contribution in [3.8, 4) is 0 Å². The lowest BCUT2D eigenvalue weighted by Crippen LogP contribution is -2.39. The molecule has 0 aromatic carbocycles. The van der Waals surface area contributed by atoms with Crippen molar-refractivity contribution in [3.05, 3.63) is 53.9 Å². The van der Waals surface area contributed by atoms with E-state index in [0.717, 1.165) is 21.9 Å². The van der Waals surface area contributed by atoms with Gasteiger partial charge in [0.05, 0.1) is 4.34 Å². The summed E-state index contributed by atoms with van der Waals surface area (Å²) in [6.45, 7) is 1.25. The normalized spacial score (nSPS) is 10.9. The number of hydrogen-bond acceptors (Lipinski definition) is 4. The molecule has 0 bridgehead atoms. The van der Waals surface area contributed by atoms with Gasteiger partial charge < -0.3 is 5.32 Å². The molecule has 0 spiro atoms. The van der Waals surface area contributed by atoms with E-state index in [-0.39, 0.29) is 11.2 Å². The Morgan fingerprint density at radius 3 is 2.65 bits per heavy atom. The number of aromatic nitrogens is 2. The maximum Gasteiger partial charge on any atom is 0.330 e. The van der Waals surface area contributed by atoms with Crippen molar-refractivity contribution in [2.75, 3.05) is 6.54 Å². The van der Waals surface area contributed by atoms with E-state index in [0.29, 0.717) is 12.2 Å². The van der Waals surface area contributed by atoms with Crippen LogP contribution in [-0.2, 0) is 27.1 Å². The summed E-state index contributed by atoms with van der Waals surface area (Å²) in [7, 11) is 3.14. The molecule has 2 rings (SSSR count). The fraction of sp³-hybridized carbons (Fsp3) is 0.385. The van der Waals surface area contributed by atoms with Gasteiger partial charge in [-0.2, -0.15) is 0 Å². The van der Waals surface area contributed by atoms with Crippen LogP contribution in [0, 0.1) is 0 Å². The number of rotatable bonds is 5. The average molecular weight is 314 g/mol. The highest BCUT2D eigenvalue weighted by molar-refractivity contribution is 7.16. The first-order valence-electron chi connectivity index (χ1n) is 6.20. The molecule has 0 fully saturated rings. The topological polar surface area (TPSA) is 56.0 Å². The molecule has 0 unspecified atom stereocenters. The molecule has 0 atom stereocenters. The highest BCUT2D eigenvalue weighted by atomic mass is 35.5. The quantitative estimate of drug-likeness (QED) is 0.842. The number of thiophene rings is 1. The fourth-order valence-corrected chi connectivity index (χ4v) is 2.95. The van der Waals surface area contributed by atoms with Gasteiger partial charge in [0.25, 0.3) is 5.56 Å². The van der Waals surface area contributed by atoms with Gasteiger partial charge in [-0.3, -0.25) is 13.9 Å². The smallest absolute Gasteiger partial charge is 0.311 e. The maximum atomic E-state index is 11.8. The predicted octanol–water partition coefficient (Wildman–Crippen LogP) is 1.13. The van der Waals surface area contributed by atoms with Crippen molar-refractivity contribution in [1.82, 2.24) is 14.5 Å². The van der Waals surface area contributed by atoms with E-state index < -0.39 is 0 Å². The molecule has 5 nitrogen and oxygen atoms in total. The monoisotopic (exact) mass is 313 g/mol. The molecule has 2 heterocycles. The highest BCUT2D eigenvalue weighted by Gasteiger charge is 2.05. The molecule has 1 N–H and O–H groups in total. The summed E-state index contributed by atoms with van der Waals surface area (Å²) in [5, 5.41) is 3.23. The molecular formula is C13H16ClN3O2S. The standard InChI is InChI=1S/C13H16ClN3O2S/c1-16-9(7-12(18)17(2)13(16)19)8-15-6-5-10-3-4-11(14)20-10/h3-4,7,15H,5-6,8H2,1-2H3. The molecule has 7 heteroatoms. The first-order chi connectivity index (χ1) is 9.49. The molecule has 0 aliphatic heterocycles. The molecular weight excluding hydrogens is 298 g/mol. The van der Waals surface area contributed by atoms with Crippen LogP contribution in [-0.4, -0.2) is 15.7 Å². The third-order valence-corrected chi connectivity index (χ3v) is 4.40. The van der Waals surface area contributed by atoms with Crippen LogP contribution in [0.3, 0.4) is 0 Å². The lowest BCUT2D eigenvalue weighted by Gasteiger charge is -2.10. The fourth-order valence-electron chi connectivity index (χ4n) is 1.86. The van der Waals surface area contributed by atoms with Gasteiger partial charge in [-0.05, 0) is 18.6 Å². The number of hydrogen-bond donors (Lipinski definition) is 1. The van der Waals surface area contributed by atoms with Crippen LogP contribution in [0.5, 0.6) is 0 Å². The van der Waals surface area contributed by atoms with Gasteiger partial charge in [0.2, 0.25) is 0 Å². The van der Waals surface area contributed by atoms with E-state index in [1.165, 1.54) is 22.6 Å². The van der Waals surface area contributed by atoms with Crippen molar-refractivity contribution in [3.63, 3.8) is 0 Å². The first kappa shape index (κ1) is 15.0. The van der Waals surface area contributed by atoms with Crippen LogP contribution in [0.1, 0.15) is 10.6 Å². The van der Waals surface area contributed by atoms with Crippen molar-refractivity contribution >= 4 is 22.9 Å². The Morgan fingerprint density at radius 2 is 2.00 bits per heavy atom. The Hall–Kier alpha value is -1.37. The Bertz CT molecular complexity index is 717. The zero-order valence-electron chi connectivity index (χ0n) is 11.4. The molecule has 0 saturated carbocycles. The average Bonchev–Trinajstić information content (AvgIpc) is 2.83. The van der Waals surface area contributed by atoms with Gasteiger partial charge >= 0.3 is 5.69 Å². The maximum absolute atomic E-state index is 11.8. The zero-order chi connectivity index (χ0) is 14.7. The third kappa shape index (κ3) is 3.39. The van der Waals surface area contributed by atoms with Gasteiger partial charge in [0.15, 0.2) is 0 Å². The predicted molar refractivity (Wildman–Crippen MR) is 81.7 cm³/mol. The van der Waals surface area contributed by atoms with E-state index >= 15 is 0 Å². The van der Waals surface area contributed by atoms with Gasteiger partial charge in [-0.25, -0.2) is 4.79 Å². The van der Waals surface area contributed by atoms with E-state index in [4.69, 9.17) is 11.6 Å². The van der Waals surface area contributed by atoms with Crippen LogP contribution < -0.4 is 16.6 Å². The minimum atomic E-state index is -0.306. The summed E-state index contributed by atoms with van der Waals surface area (Å²) < 4.78 is 3.36. The summed E-state index contributed by atoms with van der Waals surface area (Å²) >= 11 is 7.42. The molecule has 0 aliphatic carbocycles. The Morgan fingerprint density at radius 1 is 1.25 bits per heavy atom. The van der Waals surface area contributed by atoms with Gasteiger partial charge in [0.1, 0.15) is 0 Å². The van der Waals surface area contributed by atoms with Gasteiger partial charge in [-0.15, -0.1) is 11.3 Å². The van der Waals surface area contributed by atoms with Crippen LogP contribution in [0.15, 0.2) is 27.8 Å². The van der Waals surface area contributed by atoms with Crippen LogP contribution >= 0.6 is 22.9 Å². The molecule has 2 aromatic heterocycles. The minimum Gasteiger partial charge on any atom is -0.311 e. The Labute approximate surface area is 125 Å². The van der Waals surface area contributed by atoms with E-state index in [2.05, 4.69) is 5.32 Å². The van der Waals surface area contributed by atoms with Crippen LogP contribution in [0.4, 0.5) is 0 Å². The summed E-state index contributed by atoms with van der Waals surface area (Å²) in [4.78, 5) is 24.5. The SMILES string of the molecule is Cn1c(CNCCc2ccc(Cl)s2)cc(=O)n(C)c1=O. The van der Waals surface area contributed by atoms with E-state index in [9.17, 15) is 9.59 Å². The number of nitrogens with zero attached hydrogens (tertiary/aromatic N) is 2. The van der Waals surface area contributed by atoms with Crippen molar-refractivity contribution in [1.29, 1.82) is 0 Å². The second-order valence-electron chi connectivity index (χ2n) is 4.51. The lowest BCUT2D eigenvalue weighted by molar-refractivity contribution is 0.602. The van der Waals surface area contributed by atoms with Crippen molar-refractivity contribution in [2.45, 2.75) is 13.0 Å². The first-order valence-corrected chi connectivity index (χ1v) is 7.39. The Kier molecular flexibility index (Phi) is 4.80. The molecule has 0 amide bonds. The van der Waals surface area contributed by atoms with Gasteiger partial charge in [-0.1, -0.05) is 11.6 Å². The van der Waals surface area contributed by atoms with Crippen LogP contribution in [0.2, 0.25) is 4.34 Å². The largest absolute Gasteiger partial charge is 0.330 e. The van der Waals surface area contributed by atoms with Crippen molar-refractivity contribution in [2.24, 2.45) is 14.1 Å². The number of nitrogens with one attached hydrogen (secondary N) is 1. The van der Waals surface area contributed by atoms with Gasteiger partial charge in [0, 0.05) is 43.8 Å². The summed E-state index contributed by atoms with van der Waals surface area (Å²) in [5.74, 6) is 0. The highest BCUT2D eigenvalue weighted by Crippen LogP contribution is 2.21. The Balaban J connectivity index is 1.95. The summed E-state index contributed by atoms with van der Waals surface area (Å²) in [6, 6.07) is 5.37. The summed E-state index contributed by atoms with van der Waals surface area (Å²) in [6.07, 6.45) is 0.871. The van der Waals surface area contributed by atoms with E-state index in [1.807, 2.05) is 12.1 Å². The molecule has 0 radical (unpaired) electrons. The second kappa shape index (κ2) is 6.39. The number of halogens is 1. The summed E-state index contributed by atoms with van der Waals surface area (Å²) in [5.41, 5.74) is 0.0941. The molecule has 20 heavy (non-hydrogen) atoms. The third-order valence-electron chi connectivity index (χ3n) is 3.11.